The summed E-state index contributed by atoms with van der Waals surface area (Å²) < 4.78 is 2.01. The first-order valence-electron chi connectivity index (χ1n) is 7.90. The lowest BCUT2D eigenvalue weighted by atomic mass is 9.85. The summed E-state index contributed by atoms with van der Waals surface area (Å²) in [5.74, 6) is 0.862. The molecule has 108 valence electrons. The van der Waals surface area contributed by atoms with E-state index in [1.807, 2.05) is 11.6 Å². The fourth-order valence-electron chi connectivity index (χ4n) is 3.28. The van der Waals surface area contributed by atoms with Crippen molar-refractivity contribution in [1.82, 2.24) is 9.78 Å². The van der Waals surface area contributed by atoms with Crippen LogP contribution in [0.5, 0.6) is 0 Å². The SMILES string of the molecule is CCn1nc(C)cc1CC(O)CCC1CCCCC1. The fourth-order valence-corrected chi connectivity index (χ4v) is 3.28. The van der Waals surface area contributed by atoms with Gasteiger partial charge in [-0.15, -0.1) is 0 Å². The summed E-state index contributed by atoms with van der Waals surface area (Å²) in [6, 6.07) is 2.10. The summed E-state index contributed by atoms with van der Waals surface area (Å²) in [4.78, 5) is 0. The van der Waals surface area contributed by atoms with Crippen molar-refractivity contribution in [2.45, 2.75) is 77.9 Å². The monoisotopic (exact) mass is 264 g/mol. The Kier molecular flexibility index (Phi) is 5.44. The Morgan fingerprint density at radius 2 is 2.11 bits per heavy atom. The lowest BCUT2D eigenvalue weighted by Crippen LogP contribution is -2.16. The normalized spacial score (nSPS) is 18.7. The van der Waals surface area contributed by atoms with Crippen LogP contribution in [0.2, 0.25) is 0 Å². The standard InChI is InChI=1S/C16H28N2O/c1-3-18-15(11-13(2)17-18)12-16(19)10-9-14-7-5-4-6-8-14/h11,14,16,19H,3-10,12H2,1-2H3. The van der Waals surface area contributed by atoms with E-state index in [1.54, 1.807) is 0 Å². The van der Waals surface area contributed by atoms with Gasteiger partial charge in [-0.3, -0.25) is 4.68 Å². The minimum atomic E-state index is -0.205. The van der Waals surface area contributed by atoms with E-state index in [9.17, 15) is 5.11 Å². The van der Waals surface area contributed by atoms with Crippen molar-refractivity contribution in [1.29, 1.82) is 0 Å². The average Bonchev–Trinajstić information content (AvgIpc) is 2.77. The van der Waals surface area contributed by atoms with Crippen molar-refractivity contribution in [2.75, 3.05) is 0 Å². The first-order valence-corrected chi connectivity index (χ1v) is 7.90. The lowest BCUT2D eigenvalue weighted by molar-refractivity contribution is 0.147. The van der Waals surface area contributed by atoms with Gasteiger partial charge < -0.3 is 5.11 Å². The van der Waals surface area contributed by atoms with Gasteiger partial charge in [0.15, 0.2) is 0 Å². The van der Waals surface area contributed by atoms with Gasteiger partial charge in [0.25, 0.3) is 0 Å². The van der Waals surface area contributed by atoms with Crippen LogP contribution in [-0.2, 0) is 13.0 Å². The van der Waals surface area contributed by atoms with Crippen molar-refractivity contribution < 1.29 is 5.11 Å². The van der Waals surface area contributed by atoms with E-state index in [0.717, 1.165) is 31.0 Å². The van der Waals surface area contributed by atoms with Crippen LogP contribution in [0, 0.1) is 12.8 Å². The Balaban J connectivity index is 1.78. The Labute approximate surface area is 117 Å². The van der Waals surface area contributed by atoms with Gasteiger partial charge in [-0.25, -0.2) is 0 Å². The lowest BCUT2D eigenvalue weighted by Gasteiger charge is -2.22. The fraction of sp³-hybridized carbons (Fsp3) is 0.812. The highest BCUT2D eigenvalue weighted by Crippen LogP contribution is 2.28. The van der Waals surface area contributed by atoms with Gasteiger partial charge in [0.1, 0.15) is 0 Å². The molecular formula is C16H28N2O. The maximum atomic E-state index is 10.2. The molecule has 1 aliphatic carbocycles. The molecule has 3 heteroatoms. The van der Waals surface area contributed by atoms with Crippen molar-refractivity contribution >= 4 is 0 Å². The highest BCUT2D eigenvalue weighted by molar-refractivity contribution is 5.09. The first-order chi connectivity index (χ1) is 9.19. The third kappa shape index (κ3) is 4.34. The van der Waals surface area contributed by atoms with Gasteiger partial charge in [0, 0.05) is 18.7 Å². The van der Waals surface area contributed by atoms with Crippen LogP contribution in [0.4, 0.5) is 0 Å². The maximum absolute atomic E-state index is 10.2. The molecule has 2 rings (SSSR count). The minimum Gasteiger partial charge on any atom is -0.393 e. The van der Waals surface area contributed by atoms with Gasteiger partial charge >= 0.3 is 0 Å². The average molecular weight is 264 g/mol. The Bertz CT molecular complexity index is 380. The van der Waals surface area contributed by atoms with Crippen LogP contribution in [0.15, 0.2) is 6.07 Å². The highest BCUT2D eigenvalue weighted by atomic mass is 16.3. The Hall–Kier alpha value is -0.830. The van der Waals surface area contributed by atoms with Crippen molar-refractivity contribution in [3.05, 3.63) is 17.5 Å². The minimum absolute atomic E-state index is 0.205. The topological polar surface area (TPSA) is 38.0 Å². The van der Waals surface area contributed by atoms with Crippen LogP contribution in [0.3, 0.4) is 0 Å². The molecule has 3 nitrogen and oxygen atoms in total. The quantitative estimate of drug-likeness (QED) is 0.854. The second-order valence-electron chi connectivity index (χ2n) is 6.03. The molecule has 1 N–H and O–H groups in total. The van der Waals surface area contributed by atoms with E-state index < -0.39 is 0 Å². The van der Waals surface area contributed by atoms with E-state index in [2.05, 4.69) is 18.1 Å². The zero-order chi connectivity index (χ0) is 13.7. The summed E-state index contributed by atoms with van der Waals surface area (Å²) in [5, 5.41) is 14.7. The van der Waals surface area contributed by atoms with E-state index >= 15 is 0 Å². The van der Waals surface area contributed by atoms with Gasteiger partial charge in [-0.1, -0.05) is 32.1 Å². The zero-order valence-electron chi connectivity index (χ0n) is 12.4. The van der Waals surface area contributed by atoms with Crippen molar-refractivity contribution in [2.24, 2.45) is 5.92 Å². The third-order valence-electron chi connectivity index (χ3n) is 4.36. The molecule has 1 fully saturated rings. The van der Waals surface area contributed by atoms with Crippen LogP contribution >= 0.6 is 0 Å². The highest BCUT2D eigenvalue weighted by Gasteiger charge is 2.16. The van der Waals surface area contributed by atoms with Gasteiger partial charge in [0.05, 0.1) is 11.8 Å². The molecule has 1 aromatic heterocycles. The number of aryl methyl sites for hydroxylation is 2. The van der Waals surface area contributed by atoms with Gasteiger partial charge in [-0.2, -0.15) is 5.10 Å². The van der Waals surface area contributed by atoms with Crippen LogP contribution < -0.4 is 0 Å². The molecular weight excluding hydrogens is 236 g/mol. The summed E-state index contributed by atoms with van der Waals surface area (Å²) in [6.45, 7) is 5.01. The molecule has 0 spiro atoms. The van der Waals surface area contributed by atoms with Crippen molar-refractivity contribution in [3.63, 3.8) is 0 Å². The second kappa shape index (κ2) is 7.09. The Morgan fingerprint density at radius 3 is 2.79 bits per heavy atom. The largest absolute Gasteiger partial charge is 0.393 e. The number of nitrogens with zero attached hydrogens (tertiary/aromatic N) is 2. The molecule has 0 bridgehead atoms. The molecule has 0 aliphatic heterocycles. The van der Waals surface area contributed by atoms with Gasteiger partial charge in [-0.05, 0) is 38.7 Å². The zero-order valence-corrected chi connectivity index (χ0v) is 12.4. The number of aliphatic hydroxyl groups is 1. The molecule has 0 saturated heterocycles. The van der Waals surface area contributed by atoms with E-state index in [0.29, 0.717) is 0 Å². The molecule has 1 unspecified atom stereocenters. The number of aromatic nitrogens is 2. The van der Waals surface area contributed by atoms with E-state index in [4.69, 9.17) is 0 Å². The predicted molar refractivity (Wildman–Crippen MR) is 78.2 cm³/mol. The summed E-state index contributed by atoms with van der Waals surface area (Å²) in [5.41, 5.74) is 2.23. The molecule has 1 heterocycles. The third-order valence-corrected chi connectivity index (χ3v) is 4.36. The second-order valence-corrected chi connectivity index (χ2v) is 6.03. The van der Waals surface area contributed by atoms with Gasteiger partial charge in [0.2, 0.25) is 0 Å². The number of hydrogen-bond acceptors (Lipinski definition) is 2. The predicted octanol–water partition coefficient (Wildman–Crippen LogP) is 3.48. The molecule has 0 radical (unpaired) electrons. The smallest absolute Gasteiger partial charge is 0.0596 e. The molecule has 1 atom stereocenters. The van der Waals surface area contributed by atoms with Crippen LogP contribution in [0.25, 0.3) is 0 Å². The molecule has 1 aliphatic rings. The summed E-state index contributed by atoms with van der Waals surface area (Å²) in [6.07, 6.45) is 9.63. The van der Waals surface area contributed by atoms with E-state index in [-0.39, 0.29) is 6.10 Å². The molecule has 1 aromatic rings. The maximum Gasteiger partial charge on any atom is 0.0596 e. The van der Waals surface area contributed by atoms with Crippen LogP contribution in [0.1, 0.15) is 63.3 Å². The first kappa shape index (κ1) is 14.6. The molecule has 0 aromatic carbocycles. The molecule has 0 amide bonds. The Morgan fingerprint density at radius 1 is 1.37 bits per heavy atom. The summed E-state index contributed by atoms with van der Waals surface area (Å²) in [7, 11) is 0. The van der Waals surface area contributed by atoms with Crippen LogP contribution in [-0.4, -0.2) is 21.0 Å². The molecule has 1 saturated carbocycles. The van der Waals surface area contributed by atoms with E-state index in [1.165, 1.54) is 44.2 Å². The number of hydrogen-bond donors (Lipinski definition) is 1. The number of rotatable bonds is 6. The molecule has 19 heavy (non-hydrogen) atoms. The van der Waals surface area contributed by atoms with Crippen molar-refractivity contribution in [3.8, 4) is 0 Å². The summed E-state index contributed by atoms with van der Waals surface area (Å²) >= 11 is 0. The number of aliphatic hydroxyl groups excluding tert-OH is 1.